The maximum Gasteiger partial charge on any atom is 0.0574 e. The van der Waals surface area contributed by atoms with Crippen LogP contribution in [0.3, 0.4) is 0 Å². The first-order valence-electron chi connectivity index (χ1n) is 5.71. The zero-order chi connectivity index (χ0) is 8.58. The molecule has 0 saturated heterocycles. The van der Waals surface area contributed by atoms with Gasteiger partial charge in [-0.15, -0.1) is 0 Å². The van der Waals surface area contributed by atoms with Gasteiger partial charge in [0.25, 0.3) is 0 Å². The average Bonchev–Trinajstić information content (AvgIpc) is 2.78. The third kappa shape index (κ3) is 0.665. The van der Waals surface area contributed by atoms with E-state index in [-0.39, 0.29) is 6.10 Å². The maximum atomic E-state index is 9.87. The Morgan fingerprint density at radius 1 is 0.923 bits per heavy atom. The molecular weight excluding hydrogens is 160 g/mol. The third-order valence-electron chi connectivity index (χ3n) is 5.24. The van der Waals surface area contributed by atoms with Crippen LogP contribution in [0.15, 0.2) is 12.2 Å². The summed E-state index contributed by atoms with van der Waals surface area (Å²) in [6.45, 7) is 0. The topological polar surface area (TPSA) is 20.2 Å². The minimum atomic E-state index is 0.0546. The van der Waals surface area contributed by atoms with Crippen LogP contribution in [0.25, 0.3) is 0 Å². The van der Waals surface area contributed by atoms with Gasteiger partial charge in [-0.2, -0.15) is 0 Å². The molecule has 4 aliphatic rings. The van der Waals surface area contributed by atoms with E-state index in [0.29, 0.717) is 5.92 Å². The Labute approximate surface area is 78.8 Å². The number of allylic oxidation sites excluding steroid dienone is 2. The van der Waals surface area contributed by atoms with Crippen LogP contribution in [0.2, 0.25) is 0 Å². The molecule has 1 nitrogen and oxygen atoms in total. The normalized spacial score (nSPS) is 66.4. The number of aliphatic hydroxyl groups excluding tert-OH is 1. The Morgan fingerprint density at radius 2 is 1.69 bits per heavy atom. The molecule has 0 unspecified atom stereocenters. The summed E-state index contributed by atoms with van der Waals surface area (Å²) in [5.74, 6) is 5.16. The Kier molecular flexibility index (Phi) is 1.10. The second-order valence-electron chi connectivity index (χ2n) is 5.57. The van der Waals surface area contributed by atoms with Crippen molar-refractivity contribution in [3.63, 3.8) is 0 Å². The van der Waals surface area contributed by atoms with Crippen LogP contribution < -0.4 is 0 Å². The minimum absolute atomic E-state index is 0.0546. The smallest absolute Gasteiger partial charge is 0.0574 e. The van der Waals surface area contributed by atoms with Crippen LogP contribution in [0.1, 0.15) is 19.3 Å². The van der Waals surface area contributed by atoms with Crippen molar-refractivity contribution in [1.82, 2.24) is 0 Å². The summed E-state index contributed by atoms with van der Waals surface area (Å²) >= 11 is 0. The number of hydrogen-bond acceptors (Lipinski definition) is 1. The minimum Gasteiger partial charge on any atom is -0.393 e. The first-order valence-corrected chi connectivity index (χ1v) is 5.71. The van der Waals surface area contributed by atoms with Crippen LogP contribution in [0.5, 0.6) is 0 Å². The van der Waals surface area contributed by atoms with Crippen molar-refractivity contribution in [1.29, 1.82) is 0 Å². The highest BCUT2D eigenvalue weighted by Gasteiger charge is 2.60. The van der Waals surface area contributed by atoms with Crippen LogP contribution in [-0.2, 0) is 0 Å². The fraction of sp³-hybridized carbons (Fsp3) is 0.833. The van der Waals surface area contributed by atoms with Crippen molar-refractivity contribution in [2.75, 3.05) is 0 Å². The van der Waals surface area contributed by atoms with Gasteiger partial charge in [0, 0.05) is 0 Å². The van der Waals surface area contributed by atoms with E-state index < -0.39 is 0 Å². The quantitative estimate of drug-likeness (QED) is 0.441. The summed E-state index contributed by atoms with van der Waals surface area (Å²) in [5, 5.41) is 9.87. The van der Waals surface area contributed by atoms with Gasteiger partial charge in [-0.3, -0.25) is 0 Å². The Bertz CT molecular complexity index is 283. The SMILES string of the molecule is O[C@H]1C[C@@H]2C[C@H]1[C@@H]1[C@H]2[C@@H]2C=C[C@H]1C2. The molecule has 7 atom stereocenters. The van der Waals surface area contributed by atoms with E-state index in [9.17, 15) is 5.11 Å². The van der Waals surface area contributed by atoms with Gasteiger partial charge in [-0.05, 0) is 54.8 Å². The van der Waals surface area contributed by atoms with Crippen molar-refractivity contribution in [2.45, 2.75) is 25.4 Å². The van der Waals surface area contributed by atoms with E-state index in [1.165, 1.54) is 12.8 Å². The van der Waals surface area contributed by atoms with E-state index in [1.54, 1.807) is 0 Å². The van der Waals surface area contributed by atoms with Crippen molar-refractivity contribution in [3.05, 3.63) is 12.2 Å². The average molecular weight is 176 g/mol. The molecule has 4 rings (SSSR count). The van der Waals surface area contributed by atoms with E-state index in [4.69, 9.17) is 0 Å². The lowest BCUT2D eigenvalue weighted by atomic mass is 9.72. The number of fused-ring (bicyclic) bond motifs is 9. The van der Waals surface area contributed by atoms with Crippen LogP contribution in [-0.4, -0.2) is 11.2 Å². The van der Waals surface area contributed by atoms with Gasteiger partial charge >= 0.3 is 0 Å². The van der Waals surface area contributed by atoms with E-state index in [0.717, 1.165) is 36.0 Å². The molecule has 70 valence electrons. The van der Waals surface area contributed by atoms with E-state index in [2.05, 4.69) is 12.2 Å². The zero-order valence-electron chi connectivity index (χ0n) is 7.76. The van der Waals surface area contributed by atoms with Gasteiger partial charge in [0.2, 0.25) is 0 Å². The maximum absolute atomic E-state index is 9.87. The van der Waals surface area contributed by atoms with Crippen molar-refractivity contribution in [2.24, 2.45) is 35.5 Å². The van der Waals surface area contributed by atoms with Gasteiger partial charge < -0.3 is 5.11 Å². The van der Waals surface area contributed by atoms with E-state index in [1.807, 2.05) is 0 Å². The summed E-state index contributed by atoms with van der Waals surface area (Å²) in [5.41, 5.74) is 0. The molecule has 1 N–H and O–H groups in total. The number of aliphatic hydroxyl groups is 1. The summed E-state index contributed by atoms with van der Waals surface area (Å²) in [4.78, 5) is 0. The van der Waals surface area contributed by atoms with Gasteiger partial charge in [-0.25, -0.2) is 0 Å². The van der Waals surface area contributed by atoms with E-state index >= 15 is 0 Å². The second-order valence-corrected chi connectivity index (χ2v) is 5.57. The molecule has 4 bridgehead atoms. The fourth-order valence-electron chi connectivity index (χ4n) is 4.98. The predicted molar refractivity (Wildman–Crippen MR) is 49.9 cm³/mol. The van der Waals surface area contributed by atoms with Crippen LogP contribution >= 0.6 is 0 Å². The van der Waals surface area contributed by atoms with Crippen LogP contribution in [0, 0.1) is 35.5 Å². The molecule has 13 heavy (non-hydrogen) atoms. The highest BCUT2D eigenvalue weighted by molar-refractivity contribution is 5.20. The number of rotatable bonds is 0. The number of hydrogen-bond donors (Lipinski definition) is 1. The molecule has 3 fully saturated rings. The summed E-state index contributed by atoms with van der Waals surface area (Å²) in [6.07, 6.45) is 8.81. The lowest BCUT2D eigenvalue weighted by molar-refractivity contribution is 0.0484. The molecule has 0 aromatic rings. The highest BCUT2D eigenvalue weighted by atomic mass is 16.3. The molecule has 0 spiro atoms. The van der Waals surface area contributed by atoms with Gasteiger partial charge in [-0.1, -0.05) is 12.2 Å². The molecule has 0 aromatic heterocycles. The first kappa shape index (κ1) is 7.05. The lowest BCUT2D eigenvalue weighted by Gasteiger charge is -2.34. The molecule has 4 aliphatic carbocycles. The highest BCUT2D eigenvalue weighted by Crippen LogP contribution is 2.65. The molecular formula is C12H16O. The standard InChI is InChI=1S/C12H16O/c13-10-5-8-4-9(10)12-7-2-1-6(3-7)11(8)12/h1-2,6-13H,3-5H2/t6-,7+,8+,9-,10+,11+,12-/m1/s1. The fourth-order valence-corrected chi connectivity index (χ4v) is 4.98. The lowest BCUT2D eigenvalue weighted by Crippen LogP contribution is -2.33. The Balaban J connectivity index is 1.79. The Hall–Kier alpha value is -0.300. The zero-order valence-corrected chi connectivity index (χ0v) is 7.76. The summed E-state index contributed by atoms with van der Waals surface area (Å²) < 4.78 is 0. The molecule has 1 heteroatoms. The molecule has 0 aromatic carbocycles. The van der Waals surface area contributed by atoms with Gasteiger partial charge in [0.05, 0.1) is 6.10 Å². The van der Waals surface area contributed by atoms with Gasteiger partial charge in [0.15, 0.2) is 0 Å². The third-order valence-corrected chi connectivity index (χ3v) is 5.24. The monoisotopic (exact) mass is 176 g/mol. The van der Waals surface area contributed by atoms with Crippen molar-refractivity contribution >= 4 is 0 Å². The van der Waals surface area contributed by atoms with Crippen molar-refractivity contribution in [3.8, 4) is 0 Å². The molecule has 0 heterocycles. The van der Waals surface area contributed by atoms with Gasteiger partial charge in [0.1, 0.15) is 0 Å². The Morgan fingerprint density at radius 3 is 2.54 bits per heavy atom. The molecule has 0 radical (unpaired) electrons. The summed E-state index contributed by atoms with van der Waals surface area (Å²) in [6, 6.07) is 0. The molecule has 3 saturated carbocycles. The molecule has 0 aliphatic heterocycles. The first-order chi connectivity index (χ1) is 6.34. The predicted octanol–water partition coefficient (Wildman–Crippen LogP) is 1.83. The summed E-state index contributed by atoms with van der Waals surface area (Å²) in [7, 11) is 0. The largest absolute Gasteiger partial charge is 0.393 e. The second kappa shape index (κ2) is 2.03. The molecule has 0 amide bonds. The van der Waals surface area contributed by atoms with Crippen molar-refractivity contribution < 1.29 is 5.11 Å². The van der Waals surface area contributed by atoms with Crippen LogP contribution in [0.4, 0.5) is 0 Å².